The van der Waals surface area contributed by atoms with Crippen molar-refractivity contribution in [1.29, 1.82) is 0 Å². The zero-order chi connectivity index (χ0) is 13.9. The molecule has 2 N–H and O–H groups in total. The molecule has 0 spiro atoms. The molecule has 0 aliphatic heterocycles. The molecule has 1 aromatic rings. The quantitative estimate of drug-likeness (QED) is 0.615. The number of thioether (sulfide) groups is 1. The highest BCUT2D eigenvalue weighted by molar-refractivity contribution is 7.98. The molecule has 2 rings (SSSR count). The van der Waals surface area contributed by atoms with Crippen LogP contribution in [0.5, 0.6) is 0 Å². The lowest BCUT2D eigenvalue weighted by Crippen LogP contribution is -2.54. The molecule has 0 aromatic carbocycles. The number of nitrogens with zero attached hydrogens (tertiary/aromatic N) is 3. The highest BCUT2D eigenvalue weighted by Crippen LogP contribution is 2.36. The summed E-state index contributed by atoms with van der Waals surface area (Å²) < 4.78 is 0. The van der Waals surface area contributed by atoms with Gasteiger partial charge in [0.25, 0.3) is 0 Å². The SMILES string of the molecule is CNc1cc(NCC2(N(C)C)CCC2)nc(SC)n1. The molecule has 1 aliphatic carbocycles. The van der Waals surface area contributed by atoms with Crippen molar-refractivity contribution in [3.05, 3.63) is 6.07 Å². The van der Waals surface area contributed by atoms with Crippen molar-refractivity contribution in [1.82, 2.24) is 14.9 Å². The Kier molecular flexibility index (Phi) is 4.52. The summed E-state index contributed by atoms with van der Waals surface area (Å²) in [5.41, 5.74) is 0.296. The summed E-state index contributed by atoms with van der Waals surface area (Å²) in [6.45, 7) is 0.938. The topological polar surface area (TPSA) is 53.1 Å². The van der Waals surface area contributed by atoms with Crippen LogP contribution in [0.2, 0.25) is 0 Å². The minimum Gasteiger partial charge on any atom is -0.373 e. The van der Waals surface area contributed by atoms with E-state index in [1.54, 1.807) is 11.8 Å². The standard InChI is InChI=1S/C13H23N5S/c1-14-10-8-11(17-12(16-10)19-4)15-9-13(18(2)3)6-5-7-13/h8H,5-7,9H2,1-4H3,(H2,14,15,16,17). The maximum atomic E-state index is 4.50. The van der Waals surface area contributed by atoms with Crippen molar-refractivity contribution in [3.8, 4) is 0 Å². The van der Waals surface area contributed by atoms with Gasteiger partial charge in [0.2, 0.25) is 0 Å². The van der Waals surface area contributed by atoms with E-state index >= 15 is 0 Å². The molecule has 106 valence electrons. The van der Waals surface area contributed by atoms with Gasteiger partial charge in [0.1, 0.15) is 11.6 Å². The van der Waals surface area contributed by atoms with E-state index in [4.69, 9.17) is 0 Å². The first-order valence-corrected chi connectivity index (χ1v) is 7.84. The van der Waals surface area contributed by atoms with E-state index in [1.807, 2.05) is 19.4 Å². The van der Waals surface area contributed by atoms with Crippen LogP contribution >= 0.6 is 11.8 Å². The van der Waals surface area contributed by atoms with Crippen LogP contribution in [0.1, 0.15) is 19.3 Å². The summed E-state index contributed by atoms with van der Waals surface area (Å²) in [5.74, 6) is 1.76. The molecule has 0 saturated heterocycles. The van der Waals surface area contributed by atoms with Crippen molar-refractivity contribution in [3.63, 3.8) is 0 Å². The molecule has 0 unspecified atom stereocenters. The first-order valence-electron chi connectivity index (χ1n) is 6.62. The number of rotatable bonds is 6. The number of anilines is 2. The van der Waals surface area contributed by atoms with Crippen LogP contribution in [-0.4, -0.2) is 54.4 Å². The summed E-state index contributed by atoms with van der Waals surface area (Å²) in [7, 11) is 6.20. The Bertz CT molecular complexity index is 409. The summed E-state index contributed by atoms with van der Waals surface area (Å²) >= 11 is 1.56. The third kappa shape index (κ3) is 3.12. The molecule has 1 fully saturated rings. The fraction of sp³-hybridized carbons (Fsp3) is 0.692. The first-order chi connectivity index (χ1) is 9.09. The van der Waals surface area contributed by atoms with Crippen LogP contribution < -0.4 is 10.6 Å². The Morgan fingerprint density at radius 1 is 1.32 bits per heavy atom. The molecule has 6 heteroatoms. The molecule has 1 aromatic heterocycles. The van der Waals surface area contributed by atoms with Gasteiger partial charge >= 0.3 is 0 Å². The second-order valence-corrected chi connectivity index (χ2v) is 5.97. The fourth-order valence-corrected chi connectivity index (χ4v) is 2.74. The average Bonchev–Trinajstić information content (AvgIpc) is 2.36. The third-order valence-corrected chi connectivity index (χ3v) is 4.52. The summed E-state index contributed by atoms with van der Waals surface area (Å²) in [6, 6.07) is 1.96. The van der Waals surface area contributed by atoms with Crippen molar-refractivity contribution >= 4 is 23.4 Å². The molecule has 1 aliphatic rings. The van der Waals surface area contributed by atoms with Gasteiger partial charge in [0.05, 0.1) is 0 Å². The molecule has 0 amide bonds. The molecule has 5 nitrogen and oxygen atoms in total. The molecule has 0 atom stereocenters. The lowest BCUT2D eigenvalue weighted by atomic mass is 9.75. The minimum atomic E-state index is 0.296. The van der Waals surface area contributed by atoms with Gasteiger partial charge in [0, 0.05) is 25.2 Å². The molecule has 1 heterocycles. The van der Waals surface area contributed by atoms with Crippen molar-refractivity contribution in [2.24, 2.45) is 0 Å². The van der Waals surface area contributed by atoms with Crippen LogP contribution in [0, 0.1) is 0 Å². The maximum Gasteiger partial charge on any atom is 0.191 e. The number of likely N-dealkylation sites (N-methyl/N-ethyl adjacent to an activating group) is 1. The Morgan fingerprint density at radius 3 is 2.47 bits per heavy atom. The lowest BCUT2D eigenvalue weighted by molar-refractivity contribution is 0.0738. The smallest absolute Gasteiger partial charge is 0.191 e. The summed E-state index contributed by atoms with van der Waals surface area (Å²) in [6.07, 6.45) is 5.83. The number of hydrogen-bond donors (Lipinski definition) is 2. The number of nitrogens with one attached hydrogen (secondary N) is 2. The Balaban J connectivity index is 2.06. The Labute approximate surface area is 119 Å². The first kappa shape index (κ1) is 14.4. The Hall–Kier alpha value is -1.01. The largest absolute Gasteiger partial charge is 0.373 e. The molecule has 19 heavy (non-hydrogen) atoms. The summed E-state index contributed by atoms with van der Waals surface area (Å²) in [4.78, 5) is 11.2. The molecule has 0 bridgehead atoms. The predicted molar refractivity (Wildman–Crippen MR) is 82.1 cm³/mol. The molecular formula is C13H23N5S. The van der Waals surface area contributed by atoms with Gasteiger partial charge in [-0.3, -0.25) is 0 Å². The van der Waals surface area contributed by atoms with Gasteiger partial charge in [0.15, 0.2) is 5.16 Å². The highest BCUT2D eigenvalue weighted by Gasteiger charge is 2.38. The average molecular weight is 281 g/mol. The van der Waals surface area contributed by atoms with E-state index in [2.05, 4.69) is 39.6 Å². The molecule has 0 radical (unpaired) electrons. The fourth-order valence-electron chi connectivity index (χ4n) is 2.36. The van der Waals surface area contributed by atoms with E-state index in [0.717, 1.165) is 23.3 Å². The van der Waals surface area contributed by atoms with E-state index in [0.29, 0.717) is 5.54 Å². The van der Waals surface area contributed by atoms with Crippen LogP contribution in [0.15, 0.2) is 11.2 Å². The zero-order valence-electron chi connectivity index (χ0n) is 12.2. The van der Waals surface area contributed by atoms with Gasteiger partial charge in [-0.25, -0.2) is 9.97 Å². The number of hydrogen-bond acceptors (Lipinski definition) is 6. The predicted octanol–water partition coefficient (Wildman–Crippen LogP) is 2.14. The second-order valence-electron chi connectivity index (χ2n) is 5.20. The minimum absolute atomic E-state index is 0.296. The number of aromatic nitrogens is 2. The van der Waals surface area contributed by atoms with Gasteiger partial charge in [-0.2, -0.15) is 0 Å². The van der Waals surface area contributed by atoms with Gasteiger partial charge in [-0.15, -0.1) is 0 Å². The van der Waals surface area contributed by atoms with E-state index in [9.17, 15) is 0 Å². The van der Waals surface area contributed by atoms with Crippen molar-refractivity contribution in [2.75, 3.05) is 44.6 Å². The van der Waals surface area contributed by atoms with Gasteiger partial charge < -0.3 is 15.5 Å². The van der Waals surface area contributed by atoms with E-state index < -0.39 is 0 Å². The third-order valence-electron chi connectivity index (χ3n) is 3.98. The molecule has 1 saturated carbocycles. The highest BCUT2D eigenvalue weighted by atomic mass is 32.2. The lowest BCUT2D eigenvalue weighted by Gasteiger charge is -2.47. The Morgan fingerprint density at radius 2 is 2.00 bits per heavy atom. The van der Waals surface area contributed by atoms with Crippen LogP contribution in [0.4, 0.5) is 11.6 Å². The van der Waals surface area contributed by atoms with Crippen molar-refractivity contribution in [2.45, 2.75) is 30.0 Å². The zero-order valence-corrected chi connectivity index (χ0v) is 13.0. The van der Waals surface area contributed by atoms with E-state index in [1.165, 1.54) is 19.3 Å². The second kappa shape index (κ2) is 5.96. The summed E-state index contributed by atoms with van der Waals surface area (Å²) in [5, 5.41) is 7.34. The van der Waals surface area contributed by atoms with E-state index in [-0.39, 0.29) is 0 Å². The van der Waals surface area contributed by atoms with Crippen LogP contribution in [0.25, 0.3) is 0 Å². The van der Waals surface area contributed by atoms with Crippen LogP contribution in [0.3, 0.4) is 0 Å². The maximum absolute atomic E-state index is 4.50. The normalized spacial score (nSPS) is 17.1. The van der Waals surface area contributed by atoms with Crippen molar-refractivity contribution < 1.29 is 0 Å². The van der Waals surface area contributed by atoms with Crippen LogP contribution in [-0.2, 0) is 0 Å². The van der Waals surface area contributed by atoms with Gasteiger partial charge in [-0.05, 0) is 39.6 Å². The molecular weight excluding hydrogens is 258 g/mol. The van der Waals surface area contributed by atoms with Gasteiger partial charge in [-0.1, -0.05) is 11.8 Å². The monoisotopic (exact) mass is 281 g/mol.